The van der Waals surface area contributed by atoms with E-state index < -0.39 is 28.5 Å². The summed E-state index contributed by atoms with van der Waals surface area (Å²) in [6, 6.07) is 19.1. The molecule has 0 heterocycles. The van der Waals surface area contributed by atoms with Crippen molar-refractivity contribution >= 4 is 39.1 Å². The lowest BCUT2D eigenvalue weighted by atomic mass is 10.1. The van der Waals surface area contributed by atoms with Gasteiger partial charge in [0, 0.05) is 17.6 Å². The van der Waals surface area contributed by atoms with Gasteiger partial charge >= 0.3 is 0 Å². The van der Waals surface area contributed by atoms with Gasteiger partial charge < -0.3 is 15.0 Å². The molecule has 0 saturated carbocycles. The van der Waals surface area contributed by atoms with Gasteiger partial charge in [-0.25, -0.2) is 8.42 Å². The van der Waals surface area contributed by atoms with Crippen molar-refractivity contribution in [2.45, 2.75) is 64.1 Å². The van der Waals surface area contributed by atoms with Crippen LogP contribution in [0.1, 0.15) is 44.7 Å². The zero-order chi connectivity index (χ0) is 30.2. The molecule has 2 atom stereocenters. The van der Waals surface area contributed by atoms with Crippen LogP contribution in [0.25, 0.3) is 0 Å². The van der Waals surface area contributed by atoms with Gasteiger partial charge in [0.2, 0.25) is 11.8 Å². The number of carbonyl (C=O) groups excluding carboxylic acids is 2. The molecule has 0 aromatic heterocycles. The molecule has 0 unspecified atom stereocenters. The molecular formula is C31H38ClN3O5S. The summed E-state index contributed by atoms with van der Waals surface area (Å²) in [6.07, 6.45) is 1.06. The summed E-state index contributed by atoms with van der Waals surface area (Å²) in [5.74, 6) is -0.530. The number of halogens is 1. The van der Waals surface area contributed by atoms with Gasteiger partial charge in [-0.3, -0.25) is 13.9 Å². The largest absolute Gasteiger partial charge is 0.495 e. The van der Waals surface area contributed by atoms with Crippen molar-refractivity contribution in [3.63, 3.8) is 0 Å². The summed E-state index contributed by atoms with van der Waals surface area (Å²) < 4.78 is 34.6. The van der Waals surface area contributed by atoms with E-state index in [2.05, 4.69) is 5.32 Å². The summed E-state index contributed by atoms with van der Waals surface area (Å²) in [6.45, 7) is 7.06. The number of nitrogens with one attached hydrogen (secondary N) is 1. The molecule has 220 valence electrons. The Balaban J connectivity index is 2.11. The minimum Gasteiger partial charge on any atom is -0.495 e. The fourth-order valence-corrected chi connectivity index (χ4v) is 5.94. The van der Waals surface area contributed by atoms with Crippen molar-refractivity contribution in [2.24, 2.45) is 0 Å². The van der Waals surface area contributed by atoms with Gasteiger partial charge in [0.15, 0.2) is 0 Å². The van der Waals surface area contributed by atoms with E-state index in [4.69, 9.17) is 16.3 Å². The van der Waals surface area contributed by atoms with Crippen LogP contribution in [-0.2, 0) is 26.2 Å². The van der Waals surface area contributed by atoms with Crippen molar-refractivity contribution < 1.29 is 22.7 Å². The highest BCUT2D eigenvalue weighted by molar-refractivity contribution is 7.92. The molecule has 8 nitrogen and oxygen atoms in total. The Kier molecular flexibility index (Phi) is 11.2. The Morgan fingerprint density at radius 3 is 2.22 bits per heavy atom. The maximum Gasteiger partial charge on any atom is 0.264 e. The molecule has 1 N–H and O–H groups in total. The van der Waals surface area contributed by atoms with Gasteiger partial charge in [0.1, 0.15) is 18.3 Å². The van der Waals surface area contributed by atoms with Crippen molar-refractivity contribution in [2.75, 3.05) is 18.0 Å². The maximum absolute atomic E-state index is 14.2. The summed E-state index contributed by atoms with van der Waals surface area (Å²) in [5.41, 5.74) is 1.77. The van der Waals surface area contributed by atoms with E-state index in [9.17, 15) is 18.0 Å². The van der Waals surface area contributed by atoms with Crippen molar-refractivity contribution in [1.29, 1.82) is 0 Å². The Bertz CT molecular complexity index is 1430. The molecule has 10 heteroatoms. The van der Waals surface area contributed by atoms with Crippen molar-refractivity contribution in [1.82, 2.24) is 10.2 Å². The number of methoxy groups -OCH3 is 1. The zero-order valence-corrected chi connectivity index (χ0v) is 25.7. The number of benzene rings is 3. The smallest absolute Gasteiger partial charge is 0.264 e. The minimum absolute atomic E-state index is 0.0298. The van der Waals surface area contributed by atoms with E-state index in [-0.39, 0.29) is 29.1 Å². The number of sulfonamides is 1. The van der Waals surface area contributed by atoms with E-state index >= 15 is 0 Å². The average Bonchev–Trinajstić information content (AvgIpc) is 2.96. The number of hydrogen-bond donors (Lipinski definition) is 1. The molecule has 0 spiro atoms. The van der Waals surface area contributed by atoms with Crippen molar-refractivity contribution in [3.8, 4) is 5.75 Å². The standard InChI is InChI=1S/C31H38ClN3O5S/c1-6-23(4)33-31(37)27(7-2)34(20-24-14-16-25(32)17-15-24)30(36)21-35(28-19-22(3)13-18-29(28)40-5)41(38,39)26-11-9-8-10-12-26/h8-19,23,27H,6-7,20-21H2,1-5H3,(H,33,37)/t23-,27+/m1/s1. The van der Waals surface area contributed by atoms with Crippen LogP contribution < -0.4 is 14.4 Å². The molecule has 0 aliphatic heterocycles. The fraction of sp³-hybridized carbons (Fsp3) is 0.355. The number of hydrogen-bond acceptors (Lipinski definition) is 5. The molecular weight excluding hydrogens is 562 g/mol. The number of amides is 2. The van der Waals surface area contributed by atoms with Crippen LogP contribution in [-0.4, -0.2) is 50.9 Å². The predicted molar refractivity (Wildman–Crippen MR) is 163 cm³/mol. The topological polar surface area (TPSA) is 96.0 Å². The predicted octanol–water partition coefficient (Wildman–Crippen LogP) is 5.57. The molecule has 0 aliphatic rings. The van der Waals surface area contributed by atoms with Gasteiger partial charge in [-0.05, 0) is 74.2 Å². The third-order valence-electron chi connectivity index (χ3n) is 6.87. The minimum atomic E-state index is -4.20. The first-order chi connectivity index (χ1) is 19.5. The first-order valence-corrected chi connectivity index (χ1v) is 15.4. The van der Waals surface area contributed by atoms with Crippen LogP contribution in [0.5, 0.6) is 5.75 Å². The first-order valence-electron chi connectivity index (χ1n) is 13.6. The van der Waals surface area contributed by atoms with Crippen LogP contribution in [0.2, 0.25) is 5.02 Å². The van der Waals surface area contributed by atoms with Gasteiger partial charge in [0.05, 0.1) is 17.7 Å². The molecule has 41 heavy (non-hydrogen) atoms. The molecule has 0 bridgehead atoms. The van der Waals surface area contributed by atoms with E-state index in [0.717, 1.165) is 21.9 Å². The second-order valence-corrected chi connectivity index (χ2v) is 12.2. The molecule has 3 aromatic rings. The Labute approximate surface area is 248 Å². The summed E-state index contributed by atoms with van der Waals surface area (Å²) in [7, 11) is -2.75. The number of ether oxygens (including phenoxy) is 1. The lowest BCUT2D eigenvalue weighted by molar-refractivity contribution is -0.140. The van der Waals surface area contributed by atoms with Gasteiger partial charge in [-0.2, -0.15) is 0 Å². The average molecular weight is 600 g/mol. The van der Waals surface area contributed by atoms with Crippen LogP contribution in [0.3, 0.4) is 0 Å². The third kappa shape index (κ3) is 8.01. The summed E-state index contributed by atoms with van der Waals surface area (Å²) in [4.78, 5) is 29.0. The highest BCUT2D eigenvalue weighted by Crippen LogP contribution is 2.33. The molecule has 3 rings (SSSR count). The van der Waals surface area contributed by atoms with Gasteiger partial charge in [0.25, 0.3) is 10.0 Å². The highest BCUT2D eigenvalue weighted by Gasteiger charge is 2.35. The number of aryl methyl sites for hydroxylation is 1. The van der Waals surface area contributed by atoms with Gasteiger partial charge in [-0.15, -0.1) is 0 Å². The SMILES string of the molecule is CC[C@@H](C)NC(=O)[C@H](CC)N(Cc1ccc(Cl)cc1)C(=O)CN(c1cc(C)ccc1OC)S(=O)(=O)c1ccccc1. The fourth-order valence-electron chi connectivity index (χ4n) is 4.38. The van der Waals surface area contributed by atoms with Crippen LogP contribution in [0.15, 0.2) is 77.7 Å². The van der Waals surface area contributed by atoms with Crippen LogP contribution in [0, 0.1) is 6.92 Å². The lowest BCUT2D eigenvalue weighted by Gasteiger charge is -2.34. The number of rotatable bonds is 13. The first kappa shape index (κ1) is 32.0. The second-order valence-electron chi connectivity index (χ2n) is 9.89. The van der Waals surface area contributed by atoms with E-state index in [1.807, 2.05) is 27.7 Å². The normalized spacial score (nSPS) is 12.7. The molecule has 0 fully saturated rings. The molecule has 3 aromatic carbocycles. The quantitative estimate of drug-likeness (QED) is 0.277. The maximum atomic E-state index is 14.2. The van der Waals surface area contributed by atoms with Crippen LogP contribution in [0.4, 0.5) is 5.69 Å². The molecule has 0 radical (unpaired) electrons. The molecule has 0 aliphatic carbocycles. The Morgan fingerprint density at radius 1 is 0.976 bits per heavy atom. The summed E-state index contributed by atoms with van der Waals surface area (Å²) >= 11 is 6.08. The number of nitrogens with zero attached hydrogens (tertiary/aromatic N) is 2. The number of anilines is 1. The van der Waals surface area contributed by atoms with Gasteiger partial charge in [-0.1, -0.05) is 61.8 Å². The number of carbonyl (C=O) groups is 2. The Hall–Kier alpha value is -3.56. The summed E-state index contributed by atoms with van der Waals surface area (Å²) in [5, 5.41) is 3.51. The third-order valence-corrected chi connectivity index (χ3v) is 8.89. The van der Waals surface area contributed by atoms with E-state index in [1.165, 1.54) is 24.1 Å². The van der Waals surface area contributed by atoms with Crippen molar-refractivity contribution in [3.05, 3.63) is 88.9 Å². The highest BCUT2D eigenvalue weighted by atomic mass is 35.5. The second kappa shape index (κ2) is 14.4. The molecule has 0 saturated heterocycles. The molecule has 2 amide bonds. The monoisotopic (exact) mass is 599 g/mol. The van der Waals surface area contributed by atoms with Crippen LogP contribution >= 0.6 is 11.6 Å². The lowest BCUT2D eigenvalue weighted by Crippen LogP contribution is -2.53. The zero-order valence-electron chi connectivity index (χ0n) is 24.1. The van der Waals surface area contributed by atoms with E-state index in [0.29, 0.717) is 17.2 Å². The Morgan fingerprint density at radius 2 is 1.63 bits per heavy atom. The van der Waals surface area contributed by atoms with E-state index in [1.54, 1.807) is 60.7 Å².